The van der Waals surface area contributed by atoms with Crippen molar-refractivity contribution in [2.75, 3.05) is 0 Å². The highest BCUT2D eigenvalue weighted by Crippen LogP contribution is 2.22. The van der Waals surface area contributed by atoms with Gasteiger partial charge >= 0.3 is 0 Å². The molecule has 0 aliphatic heterocycles. The first-order valence-corrected chi connectivity index (χ1v) is 7.10. The third-order valence-electron chi connectivity index (χ3n) is 3.47. The molecule has 4 heteroatoms. The van der Waals surface area contributed by atoms with Crippen LogP contribution in [0.1, 0.15) is 42.3 Å². The second-order valence-electron chi connectivity index (χ2n) is 6.25. The van der Waals surface area contributed by atoms with Crippen molar-refractivity contribution in [3.8, 4) is 0 Å². The summed E-state index contributed by atoms with van der Waals surface area (Å²) < 4.78 is 26.3. The van der Waals surface area contributed by atoms with Crippen molar-refractivity contribution in [2.45, 2.75) is 32.7 Å². The van der Waals surface area contributed by atoms with E-state index in [1.54, 1.807) is 12.1 Å². The van der Waals surface area contributed by atoms with Crippen LogP contribution in [-0.2, 0) is 12.0 Å². The van der Waals surface area contributed by atoms with E-state index in [2.05, 4.69) is 26.1 Å². The minimum absolute atomic E-state index is 0.0198. The van der Waals surface area contributed by atoms with E-state index in [1.807, 2.05) is 12.1 Å². The highest BCUT2D eigenvalue weighted by Gasteiger charge is 2.14. The summed E-state index contributed by atoms with van der Waals surface area (Å²) in [5.74, 6) is -1.59. The van der Waals surface area contributed by atoms with E-state index in [9.17, 15) is 13.6 Å². The molecule has 0 radical (unpaired) electrons. The van der Waals surface area contributed by atoms with Gasteiger partial charge in [0.1, 0.15) is 11.6 Å². The first-order valence-electron chi connectivity index (χ1n) is 7.10. The minimum Gasteiger partial charge on any atom is -0.348 e. The summed E-state index contributed by atoms with van der Waals surface area (Å²) in [6.45, 7) is 6.31. The number of rotatable bonds is 3. The summed E-state index contributed by atoms with van der Waals surface area (Å²) in [5.41, 5.74) is 1.91. The molecule has 0 spiro atoms. The van der Waals surface area contributed by atoms with Gasteiger partial charge in [0.15, 0.2) is 0 Å². The van der Waals surface area contributed by atoms with Crippen LogP contribution in [0.4, 0.5) is 8.78 Å². The molecule has 0 fully saturated rings. The van der Waals surface area contributed by atoms with Crippen molar-refractivity contribution >= 4 is 5.91 Å². The fourth-order valence-electron chi connectivity index (χ4n) is 2.06. The van der Waals surface area contributed by atoms with Gasteiger partial charge in [-0.05, 0) is 29.2 Å². The van der Waals surface area contributed by atoms with Crippen molar-refractivity contribution in [3.05, 3.63) is 70.8 Å². The van der Waals surface area contributed by atoms with Crippen molar-refractivity contribution in [1.29, 1.82) is 0 Å². The number of hydrogen-bond donors (Lipinski definition) is 1. The Morgan fingerprint density at radius 2 is 1.68 bits per heavy atom. The van der Waals surface area contributed by atoms with Crippen LogP contribution in [0.5, 0.6) is 0 Å². The van der Waals surface area contributed by atoms with Gasteiger partial charge in [0.05, 0.1) is 0 Å². The first kappa shape index (κ1) is 16.1. The van der Waals surface area contributed by atoms with Crippen LogP contribution in [-0.4, -0.2) is 5.91 Å². The largest absolute Gasteiger partial charge is 0.348 e. The van der Waals surface area contributed by atoms with Crippen LogP contribution < -0.4 is 5.32 Å². The standard InChI is InChI=1S/C18H19F2NO/c1-18(2,3)14-7-4-12(5-8-14)17(22)21-11-13-6-9-15(19)10-16(13)20/h4-10H,11H2,1-3H3,(H,21,22). The Balaban J connectivity index is 2.03. The van der Waals surface area contributed by atoms with Gasteiger partial charge < -0.3 is 5.32 Å². The molecule has 0 bridgehead atoms. The second kappa shape index (κ2) is 6.26. The fraction of sp³-hybridized carbons (Fsp3) is 0.278. The van der Waals surface area contributed by atoms with Crippen LogP contribution >= 0.6 is 0 Å². The van der Waals surface area contributed by atoms with Crippen LogP contribution in [0.25, 0.3) is 0 Å². The molecule has 0 unspecified atom stereocenters. The molecule has 2 nitrogen and oxygen atoms in total. The normalized spacial score (nSPS) is 11.3. The van der Waals surface area contributed by atoms with Crippen molar-refractivity contribution < 1.29 is 13.6 Å². The molecular weight excluding hydrogens is 284 g/mol. The van der Waals surface area contributed by atoms with Crippen molar-refractivity contribution in [2.24, 2.45) is 0 Å². The van der Waals surface area contributed by atoms with Crippen molar-refractivity contribution in [3.63, 3.8) is 0 Å². The Morgan fingerprint density at radius 1 is 1.05 bits per heavy atom. The van der Waals surface area contributed by atoms with E-state index in [-0.39, 0.29) is 23.4 Å². The molecule has 0 aromatic heterocycles. The average Bonchev–Trinajstić information content (AvgIpc) is 2.45. The smallest absolute Gasteiger partial charge is 0.251 e. The van der Waals surface area contributed by atoms with Gasteiger partial charge in [-0.15, -0.1) is 0 Å². The molecule has 2 aromatic rings. The predicted molar refractivity (Wildman–Crippen MR) is 82.7 cm³/mol. The van der Waals surface area contributed by atoms with E-state index in [4.69, 9.17) is 0 Å². The molecule has 0 saturated carbocycles. The molecule has 0 aliphatic carbocycles. The predicted octanol–water partition coefficient (Wildman–Crippen LogP) is 4.19. The SMILES string of the molecule is CC(C)(C)c1ccc(C(=O)NCc2ccc(F)cc2F)cc1. The summed E-state index contributed by atoms with van der Waals surface area (Å²) in [6.07, 6.45) is 0. The summed E-state index contributed by atoms with van der Waals surface area (Å²) in [5, 5.41) is 2.63. The molecule has 2 aromatic carbocycles. The van der Waals surface area contributed by atoms with E-state index in [1.165, 1.54) is 12.1 Å². The monoisotopic (exact) mass is 303 g/mol. The van der Waals surface area contributed by atoms with E-state index in [0.29, 0.717) is 5.56 Å². The molecule has 116 valence electrons. The fourth-order valence-corrected chi connectivity index (χ4v) is 2.06. The van der Waals surface area contributed by atoms with Gasteiger partial charge in [-0.25, -0.2) is 8.78 Å². The maximum absolute atomic E-state index is 13.5. The quantitative estimate of drug-likeness (QED) is 0.905. The van der Waals surface area contributed by atoms with E-state index >= 15 is 0 Å². The molecule has 22 heavy (non-hydrogen) atoms. The Morgan fingerprint density at radius 3 is 2.23 bits per heavy atom. The molecular formula is C18H19F2NO. The van der Waals surface area contributed by atoms with Crippen molar-refractivity contribution in [1.82, 2.24) is 5.32 Å². The number of hydrogen-bond acceptors (Lipinski definition) is 1. The lowest BCUT2D eigenvalue weighted by atomic mass is 9.87. The molecule has 0 heterocycles. The van der Waals surface area contributed by atoms with Gasteiger partial charge in [-0.1, -0.05) is 39.0 Å². The lowest BCUT2D eigenvalue weighted by molar-refractivity contribution is 0.0950. The summed E-state index contributed by atoms with van der Waals surface area (Å²) >= 11 is 0. The number of halogens is 2. The first-order chi connectivity index (χ1) is 10.3. The Labute approximate surface area is 129 Å². The molecule has 0 aliphatic rings. The number of amides is 1. The molecule has 0 saturated heterocycles. The van der Waals surface area contributed by atoms with E-state index in [0.717, 1.165) is 11.6 Å². The zero-order valence-electron chi connectivity index (χ0n) is 12.9. The van der Waals surface area contributed by atoms with Gasteiger partial charge in [-0.3, -0.25) is 4.79 Å². The average molecular weight is 303 g/mol. The Kier molecular flexibility index (Phi) is 4.59. The van der Waals surface area contributed by atoms with Crippen LogP contribution in [0.2, 0.25) is 0 Å². The molecule has 2 rings (SSSR count). The maximum atomic E-state index is 13.5. The van der Waals surface area contributed by atoms with Crippen LogP contribution in [0.15, 0.2) is 42.5 Å². The maximum Gasteiger partial charge on any atom is 0.251 e. The zero-order valence-corrected chi connectivity index (χ0v) is 12.9. The van der Waals surface area contributed by atoms with Gasteiger partial charge in [0.2, 0.25) is 0 Å². The van der Waals surface area contributed by atoms with Crippen LogP contribution in [0, 0.1) is 11.6 Å². The topological polar surface area (TPSA) is 29.1 Å². The Bertz CT molecular complexity index is 672. The van der Waals surface area contributed by atoms with Gasteiger partial charge in [0, 0.05) is 23.7 Å². The number of benzene rings is 2. The highest BCUT2D eigenvalue weighted by atomic mass is 19.1. The summed E-state index contributed by atoms with van der Waals surface area (Å²) in [4.78, 5) is 12.0. The second-order valence-corrected chi connectivity index (χ2v) is 6.25. The lowest BCUT2D eigenvalue weighted by Gasteiger charge is -2.19. The lowest BCUT2D eigenvalue weighted by Crippen LogP contribution is -2.23. The number of nitrogens with one attached hydrogen (secondary N) is 1. The zero-order chi connectivity index (χ0) is 16.3. The minimum atomic E-state index is -0.664. The van der Waals surface area contributed by atoms with Gasteiger partial charge in [0.25, 0.3) is 5.91 Å². The number of carbonyl (C=O) groups excluding carboxylic acids is 1. The Hall–Kier alpha value is -2.23. The molecule has 0 atom stereocenters. The number of carbonyl (C=O) groups is 1. The summed E-state index contributed by atoms with van der Waals surface area (Å²) in [6, 6.07) is 10.6. The molecule has 1 amide bonds. The summed E-state index contributed by atoms with van der Waals surface area (Å²) in [7, 11) is 0. The third kappa shape index (κ3) is 3.91. The van der Waals surface area contributed by atoms with Crippen LogP contribution in [0.3, 0.4) is 0 Å². The third-order valence-corrected chi connectivity index (χ3v) is 3.47. The molecule has 1 N–H and O–H groups in total. The van der Waals surface area contributed by atoms with E-state index < -0.39 is 11.6 Å². The highest BCUT2D eigenvalue weighted by molar-refractivity contribution is 5.94. The van der Waals surface area contributed by atoms with Gasteiger partial charge in [-0.2, -0.15) is 0 Å².